The zero-order valence-corrected chi connectivity index (χ0v) is 26.2. The molecular weight excluding hydrogens is 609 g/mol. The topological polar surface area (TPSA) is 96.0 Å². The van der Waals surface area contributed by atoms with Crippen molar-refractivity contribution in [1.29, 1.82) is 0 Å². The molecule has 0 aliphatic rings. The second kappa shape index (κ2) is 14.3. The number of hydrogen-bond acceptors (Lipinski definition) is 5. The molecule has 1 atom stereocenters. The average Bonchev–Trinajstić information content (AvgIpc) is 2.94. The third kappa shape index (κ3) is 7.86. The van der Waals surface area contributed by atoms with E-state index in [1.165, 1.54) is 36.3 Å². The number of hydrogen-bond donors (Lipinski definition) is 1. The van der Waals surface area contributed by atoms with Gasteiger partial charge in [-0.05, 0) is 62.7 Å². The number of halogens is 3. The third-order valence-corrected chi connectivity index (χ3v) is 9.12. The molecule has 0 aromatic heterocycles. The van der Waals surface area contributed by atoms with Gasteiger partial charge in [-0.25, -0.2) is 8.42 Å². The van der Waals surface area contributed by atoms with Crippen LogP contribution in [0.3, 0.4) is 0 Å². The molecule has 0 radical (unpaired) electrons. The first-order valence-corrected chi connectivity index (χ1v) is 15.4. The Morgan fingerprint density at radius 3 is 2.22 bits per heavy atom. The number of carbonyl (C=O) groups excluding carboxylic acids is 2. The van der Waals surface area contributed by atoms with Crippen LogP contribution in [0, 0.1) is 6.92 Å². The molecule has 3 aromatic rings. The Balaban J connectivity index is 2.13. The number of aryl methyl sites for hydroxylation is 1. The lowest BCUT2D eigenvalue weighted by Gasteiger charge is -2.32. The largest absolute Gasteiger partial charge is 0.495 e. The van der Waals surface area contributed by atoms with Crippen molar-refractivity contribution in [3.63, 3.8) is 0 Å². The van der Waals surface area contributed by atoms with Crippen LogP contribution in [0.1, 0.15) is 31.4 Å². The van der Waals surface area contributed by atoms with E-state index in [-0.39, 0.29) is 27.9 Å². The minimum atomic E-state index is -4.30. The predicted molar refractivity (Wildman–Crippen MR) is 163 cm³/mol. The summed E-state index contributed by atoms with van der Waals surface area (Å²) >= 11 is 19.1. The molecule has 0 fully saturated rings. The summed E-state index contributed by atoms with van der Waals surface area (Å²) in [5.74, 6) is -0.887. The Kier molecular flexibility index (Phi) is 11.3. The molecule has 2 amide bonds. The van der Waals surface area contributed by atoms with Crippen LogP contribution >= 0.6 is 34.8 Å². The molecule has 0 aliphatic heterocycles. The number of anilines is 1. The summed E-state index contributed by atoms with van der Waals surface area (Å²) in [7, 11) is -2.92. The summed E-state index contributed by atoms with van der Waals surface area (Å²) in [6.07, 6.45) is 0.694. The first-order chi connectivity index (χ1) is 19.4. The highest BCUT2D eigenvalue weighted by molar-refractivity contribution is 7.92. The van der Waals surface area contributed by atoms with E-state index in [0.29, 0.717) is 28.6 Å². The number of rotatable bonds is 12. The van der Waals surface area contributed by atoms with Crippen LogP contribution in [0.15, 0.2) is 65.6 Å². The molecule has 8 nitrogen and oxygen atoms in total. The molecule has 3 rings (SSSR count). The van der Waals surface area contributed by atoms with Gasteiger partial charge in [-0.2, -0.15) is 0 Å². The Morgan fingerprint density at radius 1 is 1.00 bits per heavy atom. The molecule has 0 saturated carbocycles. The molecule has 1 N–H and O–H groups in total. The number of sulfonamides is 1. The van der Waals surface area contributed by atoms with Crippen LogP contribution in [0.4, 0.5) is 5.69 Å². The van der Waals surface area contributed by atoms with Gasteiger partial charge in [-0.15, -0.1) is 0 Å². The summed E-state index contributed by atoms with van der Waals surface area (Å²) in [5, 5.41) is 3.63. The molecule has 220 valence electrons. The van der Waals surface area contributed by atoms with Crippen LogP contribution in [-0.4, -0.2) is 51.4 Å². The Labute approximate surface area is 256 Å². The van der Waals surface area contributed by atoms with E-state index in [2.05, 4.69) is 5.32 Å². The molecule has 0 spiro atoms. The second-order valence-corrected chi connectivity index (χ2v) is 12.4. The van der Waals surface area contributed by atoms with Gasteiger partial charge in [0.25, 0.3) is 10.0 Å². The Hall–Kier alpha value is -2.98. The van der Waals surface area contributed by atoms with Crippen LogP contribution in [0.25, 0.3) is 0 Å². The standard InChI is InChI=1S/C29H32Cl3N3O5S/c1-5-15-33-29(37)20(3)34(17-23-24(31)7-6-8-25(23)32)28(36)18-35(26-16-21(30)11-14-27(26)40-4)41(38,39)22-12-9-19(2)10-13-22/h6-14,16,20H,5,15,17-18H2,1-4H3,(H,33,37)/t20-/m1/s1. The highest BCUT2D eigenvalue weighted by atomic mass is 35.5. The molecular formula is C29H32Cl3N3O5S. The zero-order valence-electron chi connectivity index (χ0n) is 23.2. The van der Waals surface area contributed by atoms with Crippen molar-refractivity contribution in [1.82, 2.24) is 10.2 Å². The van der Waals surface area contributed by atoms with Gasteiger partial charge >= 0.3 is 0 Å². The van der Waals surface area contributed by atoms with Gasteiger partial charge in [0.15, 0.2) is 0 Å². The van der Waals surface area contributed by atoms with E-state index >= 15 is 0 Å². The molecule has 0 heterocycles. The van der Waals surface area contributed by atoms with Gasteiger partial charge in [0, 0.05) is 33.7 Å². The summed E-state index contributed by atoms with van der Waals surface area (Å²) in [6, 6.07) is 14.6. The number of nitrogens with one attached hydrogen (secondary N) is 1. The van der Waals surface area contributed by atoms with Crippen molar-refractivity contribution in [3.8, 4) is 5.75 Å². The lowest BCUT2D eigenvalue weighted by molar-refractivity contribution is -0.139. The van der Waals surface area contributed by atoms with E-state index < -0.39 is 34.4 Å². The first-order valence-electron chi connectivity index (χ1n) is 12.8. The fraction of sp³-hybridized carbons (Fsp3) is 0.310. The van der Waals surface area contributed by atoms with Gasteiger partial charge in [0.2, 0.25) is 11.8 Å². The number of ether oxygens (including phenoxy) is 1. The number of methoxy groups -OCH3 is 1. The molecule has 0 unspecified atom stereocenters. The lowest BCUT2D eigenvalue weighted by atomic mass is 10.1. The van der Waals surface area contributed by atoms with Crippen LogP contribution in [0.5, 0.6) is 5.75 Å². The summed E-state index contributed by atoms with van der Waals surface area (Å²) in [4.78, 5) is 28.3. The van der Waals surface area contributed by atoms with Crippen molar-refractivity contribution in [2.24, 2.45) is 0 Å². The van der Waals surface area contributed by atoms with E-state index in [1.807, 2.05) is 13.8 Å². The normalized spacial score (nSPS) is 12.0. The van der Waals surface area contributed by atoms with Crippen molar-refractivity contribution < 1.29 is 22.7 Å². The summed E-state index contributed by atoms with van der Waals surface area (Å²) < 4.78 is 34.4. The van der Waals surface area contributed by atoms with Crippen LogP contribution in [-0.2, 0) is 26.2 Å². The Bertz CT molecular complexity index is 1480. The zero-order chi connectivity index (χ0) is 30.3. The maximum Gasteiger partial charge on any atom is 0.264 e. The van der Waals surface area contributed by atoms with Gasteiger partial charge in [-0.3, -0.25) is 13.9 Å². The maximum atomic E-state index is 14.1. The minimum absolute atomic E-state index is 0.0348. The monoisotopic (exact) mass is 639 g/mol. The molecule has 0 bridgehead atoms. The quantitative estimate of drug-likeness (QED) is 0.258. The average molecular weight is 641 g/mol. The highest BCUT2D eigenvalue weighted by Gasteiger charge is 2.34. The molecule has 3 aromatic carbocycles. The SMILES string of the molecule is CCCNC(=O)[C@@H](C)N(Cc1c(Cl)cccc1Cl)C(=O)CN(c1cc(Cl)ccc1OC)S(=O)(=O)c1ccc(C)cc1. The Morgan fingerprint density at radius 2 is 1.63 bits per heavy atom. The molecule has 41 heavy (non-hydrogen) atoms. The molecule has 12 heteroatoms. The second-order valence-electron chi connectivity index (χ2n) is 9.33. The van der Waals surface area contributed by atoms with E-state index in [1.54, 1.807) is 43.3 Å². The fourth-order valence-electron chi connectivity index (χ4n) is 4.04. The van der Waals surface area contributed by atoms with E-state index in [4.69, 9.17) is 39.5 Å². The van der Waals surface area contributed by atoms with Gasteiger partial charge in [-0.1, -0.05) is 65.5 Å². The van der Waals surface area contributed by atoms with Gasteiger partial charge in [0.05, 0.1) is 17.7 Å². The van der Waals surface area contributed by atoms with Gasteiger partial charge in [0.1, 0.15) is 18.3 Å². The van der Waals surface area contributed by atoms with Crippen LogP contribution in [0.2, 0.25) is 15.1 Å². The van der Waals surface area contributed by atoms with Gasteiger partial charge < -0.3 is 15.0 Å². The number of amides is 2. The number of carbonyl (C=O) groups is 2. The van der Waals surface area contributed by atoms with Crippen molar-refractivity contribution >= 4 is 62.3 Å². The fourth-order valence-corrected chi connectivity index (χ4v) is 6.14. The highest BCUT2D eigenvalue weighted by Crippen LogP contribution is 2.35. The lowest BCUT2D eigenvalue weighted by Crippen LogP contribution is -2.51. The van der Waals surface area contributed by atoms with E-state index in [0.717, 1.165) is 9.87 Å². The smallest absolute Gasteiger partial charge is 0.264 e. The van der Waals surface area contributed by atoms with Crippen molar-refractivity contribution in [2.75, 3.05) is 24.5 Å². The number of nitrogens with zero attached hydrogens (tertiary/aromatic N) is 2. The van der Waals surface area contributed by atoms with Crippen molar-refractivity contribution in [2.45, 2.75) is 44.7 Å². The third-order valence-electron chi connectivity index (χ3n) is 6.40. The van der Waals surface area contributed by atoms with E-state index in [9.17, 15) is 18.0 Å². The summed E-state index contributed by atoms with van der Waals surface area (Å²) in [6.45, 7) is 4.91. The summed E-state index contributed by atoms with van der Waals surface area (Å²) in [5.41, 5.74) is 1.35. The molecule has 0 aliphatic carbocycles. The van der Waals surface area contributed by atoms with Crippen LogP contribution < -0.4 is 14.4 Å². The van der Waals surface area contributed by atoms with Crippen molar-refractivity contribution in [3.05, 3.63) is 86.9 Å². The number of benzene rings is 3. The maximum absolute atomic E-state index is 14.1. The predicted octanol–water partition coefficient (Wildman–Crippen LogP) is 6.10. The minimum Gasteiger partial charge on any atom is -0.495 e. The first kappa shape index (κ1) is 32.5. The molecule has 0 saturated heterocycles.